The molecule has 2 aliphatic rings. The molecule has 1 unspecified atom stereocenters. The lowest BCUT2D eigenvalue weighted by Gasteiger charge is -2.61. The second kappa shape index (κ2) is 5.82. The van der Waals surface area contributed by atoms with Gasteiger partial charge in [0.05, 0.1) is 5.54 Å². The molecule has 138 valence electrons. The lowest BCUT2D eigenvalue weighted by atomic mass is 9.64. The third kappa shape index (κ3) is 3.84. The molecule has 2 heterocycles. The molecule has 2 saturated heterocycles. The summed E-state index contributed by atoms with van der Waals surface area (Å²) in [5.74, 6) is -0.343. The molecule has 0 aliphatic carbocycles. The van der Waals surface area contributed by atoms with E-state index >= 15 is 0 Å². The number of nitrogens with zero attached hydrogens (tertiary/aromatic N) is 1. The van der Waals surface area contributed by atoms with E-state index in [9.17, 15) is 10.0 Å². The lowest BCUT2D eigenvalue weighted by molar-refractivity contribution is -0.285. The lowest BCUT2D eigenvalue weighted by Crippen LogP contribution is -2.73. The number of piperidine rings is 2. The Morgan fingerprint density at radius 3 is 2.08 bits per heavy atom. The van der Waals surface area contributed by atoms with Gasteiger partial charge < -0.3 is 15.3 Å². The summed E-state index contributed by atoms with van der Waals surface area (Å²) >= 11 is 0. The number of hydrogen-bond acceptors (Lipinski definition) is 5. The molecule has 2 rings (SSSR count). The number of hydrogen-bond donors (Lipinski definition) is 2. The molecule has 24 heavy (non-hydrogen) atoms. The van der Waals surface area contributed by atoms with E-state index in [0.29, 0.717) is 18.4 Å². The first-order chi connectivity index (χ1) is 10.7. The van der Waals surface area contributed by atoms with Crippen LogP contribution in [0, 0.1) is 0 Å². The highest BCUT2D eigenvalue weighted by Gasteiger charge is 2.57. The van der Waals surface area contributed by atoms with Gasteiger partial charge in [-0.25, -0.2) is 4.79 Å². The van der Waals surface area contributed by atoms with Crippen LogP contribution in [-0.2, 0) is 9.53 Å². The van der Waals surface area contributed by atoms with Crippen molar-refractivity contribution in [1.82, 2.24) is 10.4 Å². The van der Waals surface area contributed by atoms with Crippen LogP contribution in [0.5, 0.6) is 0 Å². The Balaban J connectivity index is 2.35. The van der Waals surface area contributed by atoms with Crippen LogP contribution >= 0.6 is 0 Å². The van der Waals surface area contributed by atoms with Gasteiger partial charge in [-0.1, -0.05) is 6.58 Å². The smallest absolute Gasteiger partial charge is 0.333 e. The Kier molecular flexibility index (Phi) is 4.71. The zero-order valence-electron chi connectivity index (χ0n) is 16.3. The largest absolute Gasteiger partial charge is 0.459 e. The first-order valence-corrected chi connectivity index (χ1v) is 8.83. The molecular formula is C19H34N2O3. The fraction of sp³-hybridized carbons (Fsp3) is 0.842. The van der Waals surface area contributed by atoms with Crippen molar-refractivity contribution in [1.29, 1.82) is 0 Å². The van der Waals surface area contributed by atoms with Crippen LogP contribution in [0.1, 0.15) is 74.1 Å². The molecule has 5 heteroatoms. The van der Waals surface area contributed by atoms with Gasteiger partial charge in [0.2, 0.25) is 0 Å². The first-order valence-electron chi connectivity index (χ1n) is 8.83. The number of carbonyl (C=O) groups is 1. The van der Waals surface area contributed by atoms with Crippen LogP contribution < -0.4 is 5.32 Å². The topological polar surface area (TPSA) is 61.8 Å². The minimum atomic E-state index is -0.457. The van der Waals surface area contributed by atoms with Gasteiger partial charge in [0.1, 0.15) is 6.10 Å². The minimum Gasteiger partial charge on any atom is -0.459 e. The second-order valence-corrected chi connectivity index (χ2v) is 9.81. The van der Waals surface area contributed by atoms with Crippen LogP contribution in [0.25, 0.3) is 0 Å². The average molecular weight is 338 g/mol. The minimum absolute atomic E-state index is 0.112. The highest BCUT2D eigenvalue weighted by Crippen LogP contribution is 2.49. The van der Waals surface area contributed by atoms with Crippen molar-refractivity contribution in [3.63, 3.8) is 0 Å². The molecular weight excluding hydrogens is 304 g/mol. The Labute approximate surface area is 146 Å². The van der Waals surface area contributed by atoms with E-state index in [4.69, 9.17) is 4.74 Å². The van der Waals surface area contributed by atoms with Crippen molar-refractivity contribution in [3.05, 3.63) is 12.2 Å². The van der Waals surface area contributed by atoms with E-state index < -0.39 is 11.1 Å². The van der Waals surface area contributed by atoms with Gasteiger partial charge in [0.25, 0.3) is 0 Å². The van der Waals surface area contributed by atoms with Crippen LogP contribution in [0.4, 0.5) is 0 Å². The van der Waals surface area contributed by atoms with Crippen LogP contribution in [0.3, 0.4) is 0 Å². The van der Waals surface area contributed by atoms with Gasteiger partial charge in [0, 0.05) is 35.0 Å². The molecule has 0 aromatic heterocycles. The fourth-order valence-corrected chi connectivity index (χ4v) is 5.21. The SMILES string of the molecule is C=C(C)C(=O)OC1CC(C)(C)N(O)C2(C1)CC(C)(C)NC(C)(C)C2. The molecule has 2 fully saturated rings. The zero-order valence-corrected chi connectivity index (χ0v) is 16.3. The maximum atomic E-state index is 12.0. The number of esters is 1. The quantitative estimate of drug-likeness (QED) is 0.597. The monoisotopic (exact) mass is 338 g/mol. The molecule has 1 spiro atoms. The Hall–Kier alpha value is -0.910. The number of nitrogens with one attached hydrogen (secondary N) is 1. The predicted octanol–water partition coefficient (Wildman–Crippen LogP) is 3.42. The predicted molar refractivity (Wildman–Crippen MR) is 94.9 cm³/mol. The Morgan fingerprint density at radius 1 is 1.12 bits per heavy atom. The van der Waals surface area contributed by atoms with Crippen molar-refractivity contribution >= 4 is 5.97 Å². The van der Waals surface area contributed by atoms with Crippen LogP contribution in [0.2, 0.25) is 0 Å². The van der Waals surface area contributed by atoms with E-state index in [-0.39, 0.29) is 23.2 Å². The molecule has 0 aromatic rings. The van der Waals surface area contributed by atoms with E-state index in [2.05, 4.69) is 39.6 Å². The standard InChI is InChI=1S/C19H34N2O3/c1-13(2)15(22)24-14-9-18(7,8)21(23)19(10-14)11-16(3,4)20-17(5,6)12-19/h14,20,23H,1,9-12H2,2-8H3. The molecule has 0 radical (unpaired) electrons. The summed E-state index contributed by atoms with van der Waals surface area (Å²) in [4.78, 5) is 12.0. The van der Waals surface area contributed by atoms with Crippen LogP contribution in [0.15, 0.2) is 12.2 Å². The summed E-state index contributed by atoms with van der Waals surface area (Å²) in [6.45, 7) is 18.0. The Bertz CT molecular complexity index is 521. The summed E-state index contributed by atoms with van der Waals surface area (Å²) in [5.41, 5.74) is -0.681. The first kappa shape index (κ1) is 19.4. The average Bonchev–Trinajstić information content (AvgIpc) is 2.31. The molecule has 0 aromatic carbocycles. The molecule has 0 bridgehead atoms. The highest BCUT2D eigenvalue weighted by atomic mass is 16.5. The highest BCUT2D eigenvalue weighted by molar-refractivity contribution is 5.87. The van der Waals surface area contributed by atoms with Gasteiger partial charge in [0.15, 0.2) is 0 Å². The zero-order chi connectivity index (χ0) is 18.6. The molecule has 2 aliphatic heterocycles. The van der Waals surface area contributed by atoms with Gasteiger partial charge in [-0.05, 0) is 61.3 Å². The number of rotatable bonds is 2. The maximum absolute atomic E-state index is 12.0. The fourth-order valence-electron chi connectivity index (χ4n) is 5.21. The van der Waals surface area contributed by atoms with Gasteiger partial charge in [-0.15, -0.1) is 0 Å². The van der Waals surface area contributed by atoms with E-state index in [1.165, 1.54) is 0 Å². The normalized spacial score (nSPS) is 30.8. The summed E-state index contributed by atoms with van der Waals surface area (Å²) in [5, 5.41) is 16.3. The maximum Gasteiger partial charge on any atom is 0.333 e. The summed E-state index contributed by atoms with van der Waals surface area (Å²) in [6.07, 6.45) is 2.63. The summed E-state index contributed by atoms with van der Waals surface area (Å²) in [6, 6.07) is 0. The molecule has 2 N–H and O–H groups in total. The third-order valence-corrected chi connectivity index (χ3v) is 5.20. The number of carbonyl (C=O) groups excluding carboxylic acids is 1. The van der Waals surface area contributed by atoms with Crippen molar-refractivity contribution in [2.24, 2.45) is 0 Å². The molecule has 1 atom stereocenters. The van der Waals surface area contributed by atoms with E-state index in [0.717, 1.165) is 12.8 Å². The second-order valence-electron chi connectivity index (χ2n) is 9.81. The molecule has 0 saturated carbocycles. The third-order valence-electron chi connectivity index (χ3n) is 5.20. The van der Waals surface area contributed by atoms with E-state index in [1.807, 2.05) is 13.8 Å². The summed E-state index contributed by atoms with van der Waals surface area (Å²) in [7, 11) is 0. The van der Waals surface area contributed by atoms with Gasteiger partial charge in [-0.2, -0.15) is 5.06 Å². The van der Waals surface area contributed by atoms with Crippen LogP contribution in [-0.4, -0.2) is 44.5 Å². The van der Waals surface area contributed by atoms with E-state index in [1.54, 1.807) is 12.0 Å². The van der Waals surface area contributed by atoms with Gasteiger partial charge >= 0.3 is 5.97 Å². The number of ether oxygens (including phenoxy) is 1. The van der Waals surface area contributed by atoms with Gasteiger partial charge in [-0.3, -0.25) is 0 Å². The van der Waals surface area contributed by atoms with Crippen molar-refractivity contribution in [2.75, 3.05) is 0 Å². The van der Waals surface area contributed by atoms with Crippen molar-refractivity contribution in [3.8, 4) is 0 Å². The molecule has 5 nitrogen and oxygen atoms in total. The number of hydroxylamine groups is 2. The van der Waals surface area contributed by atoms with Crippen molar-refractivity contribution in [2.45, 2.75) is 102 Å². The summed E-state index contributed by atoms with van der Waals surface area (Å²) < 4.78 is 5.70. The molecule has 0 amide bonds. The Morgan fingerprint density at radius 2 is 1.62 bits per heavy atom. The van der Waals surface area contributed by atoms with Crippen molar-refractivity contribution < 1.29 is 14.7 Å².